The van der Waals surface area contributed by atoms with Crippen molar-refractivity contribution in [2.75, 3.05) is 14.1 Å². The van der Waals surface area contributed by atoms with E-state index in [1.54, 1.807) is 0 Å². The van der Waals surface area contributed by atoms with Crippen molar-refractivity contribution in [1.82, 2.24) is 9.34 Å². The van der Waals surface area contributed by atoms with Crippen molar-refractivity contribution in [3.05, 3.63) is 24.0 Å². The first kappa shape index (κ1) is 20.8. The Balaban J connectivity index is 1.76. The van der Waals surface area contributed by atoms with Crippen LogP contribution in [0.4, 0.5) is 0 Å². The van der Waals surface area contributed by atoms with Gasteiger partial charge in [-0.25, -0.2) is 9.34 Å². The number of fused-ring (bicyclic) bond motifs is 1. The maximum absolute atomic E-state index is 13.8. The van der Waals surface area contributed by atoms with E-state index in [1.165, 1.54) is 12.8 Å². The summed E-state index contributed by atoms with van der Waals surface area (Å²) in [4.78, 5) is 12.5. The van der Waals surface area contributed by atoms with E-state index in [0.717, 1.165) is 12.8 Å². The molecule has 0 radical (unpaired) electrons. The molecule has 0 spiro atoms. The maximum Gasteiger partial charge on any atom is 0.310 e. The number of hydrogen-bond acceptors (Lipinski definition) is 3. The molecule has 3 fully saturated rings. The third-order valence-corrected chi connectivity index (χ3v) is 9.25. The topological polar surface area (TPSA) is 49.9 Å². The SMILES string of the molecule is C/C=C/[C@H]1[C@@H](/C=C/P2(=O)N(C)[C@@H]3CCCC[C@H]3N2C)[C@@H]1C(=O)OC(C)(C)C. The normalized spacial score (nSPS) is 37.0. The molecule has 1 heterocycles. The number of likely N-dealkylation sites (N-methyl/N-ethyl adjacent to an activating group) is 2. The van der Waals surface area contributed by atoms with Crippen molar-refractivity contribution in [2.24, 2.45) is 17.8 Å². The summed E-state index contributed by atoms with van der Waals surface area (Å²) in [6.45, 7) is 7.65. The Morgan fingerprint density at radius 3 is 2.04 bits per heavy atom. The number of nitrogens with zero attached hydrogens (tertiary/aromatic N) is 2. The van der Waals surface area contributed by atoms with Gasteiger partial charge in [0.1, 0.15) is 5.60 Å². The van der Waals surface area contributed by atoms with E-state index in [2.05, 4.69) is 15.4 Å². The lowest BCUT2D eigenvalue weighted by Gasteiger charge is -2.28. The summed E-state index contributed by atoms with van der Waals surface area (Å²) in [5.41, 5.74) is -0.483. The van der Waals surface area contributed by atoms with Gasteiger partial charge in [-0.3, -0.25) is 9.36 Å². The largest absolute Gasteiger partial charge is 0.460 e. The van der Waals surface area contributed by atoms with Gasteiger partial charge in [0.25, 0.3) is 0 Å². The number of hydrogen-bond donors (Lipinski definition) is 0. The number of carbonyl (C=O) groups excluding carboxylic acids is 1. The van der Waals surface area contributed by atoms with E-state index in [4.69, 9.17) is 4.74 Å². The Morgan fingerprint density at radius 2 is 1.56 bits per heavy atom. The molecule has 0 unspecified atom stereocenters. The summed E-state index contributed by atoms with van der Waals surface area (Å²) in [5, 5.41) is 0. The van der Waals surface area contributed by atoms with Crippen molar-refractivity contribution < 1.29 is 14.1 Å². The fourth-order valence-electron chi connectivity index (χ4n) is 4.79. The van der Waals surface area contributed by atoms with Crippen molar-refractivity contribution in [3.8, 4) is 0 Å². The van der Waals surface area contributed by atoms with Gasteiger partial charge in [-0.2, -0.15) is 0 Å². The molecule has 3 aliphatic rings. The van der Waals surface area contributed by atoms with Crippen molar-refractivity contribution >= 4 is 13.4 Å². The van der Waals surface area contributed by atoms with Crippen LogP contribution in [0.15, 0.2) is 24.0 Å². The minimum absolute atomic E-state index is 0.0753. The van der Waals surface area contributed by atoms with Gasteiger partial charge < -0.3 is 4.74 Å². The second kappa shape index (κ2) is 7.50. The predicted octanol–water partition coefficient (Wildman–Crippen LogP) is 4.66. The lowest BCUT2D eigenvalue weighted by atomic mass is 9.91. The van der Waals surface area contributed by atoms with E-state index in [1.807, 2.05) is 59.8 Å². The first-order valence-corrected chi connectivity index (χ1v) is 11.9. The molecule has 0 amide bonds. The number of ether oxygens (including phenoxy) is 1. The Bertz CT molecular complexity index is 659. The quantitative estimate of drug-likeness (QED) is 0.394. The summed E-state index contributed by atoms with van der Waals surface area (Å²) in [5.74, 6) is 1.81. The van der Waals surface area contributed by atoms with Crippen molar-refractivity contribution in [3.63, 3.8) is 0 Å². The molecular formula is C21H35N2O3P. The van der Waals surface area contributed by atoms with Crippen molar-refractivity contribution in [2.45, 2.75) is 71.1 Å². The fraction of sp³-hybridized carbons (Fsp3) is 0.762. The summed E-state index contributed by atoms with van der Waals surface area (Å²) >= 11 is 0. The molecule has 1 aliphatic heterocycles. The standard InChI is InChI=1S/C21H35N2O3P/c1-7-10-15-16(19(15)20(24)26-21(2,3)4)13-14-27(25)22(5)17-11-8-9-12-18(17)23(27)6/h7,10,13-19H,8-9,11-12H2,1-6H3/b10-7+,14-13+/t15-,16+,17+,18+,19+/m0/s1. The van der Waals surface area contributed by atoms with Crippen LogP contribution in [0.1, 0.15) is 53.4 Å². The second-order valence-electron chi connectivity index (χ2n) is 9.24. The van der Waals surface area contributed by atoms with Crippen LogP contribution in [0.5, 0.6) is 0 Å². The van der Waals surface area contributed by atoms with Gasteiger partial charge in [0.15, 0.2) is 0 Å². The molecule has 0 aromatic carbocycles. The first-order chi connectivity index (χ1) is 12.6. The van der Waals surface area contributed by atoms with E-state index in [0.29, 0.717) is 12.1 Å². The molecule has 6 heteroatoms. The van der Waals surface area contributed by atoms with Crippen LogP contribution in [0, 0.1) is 17.8 Å². The van der Waals surface area contributed by atoms with Crippen LogP contribution in [0.2, 0.25) is 0 Å². The average molecular weight is 394 g/mol. The van der Waals surface area contributed by atoms with Crippen LogP contribution >= 0.6 is 7.44 Å². The van der Waals surface area contributed by atoms with Crippen LogP contribution in [0.3, 0.4) is 0 Å². The van der Waals surface area contributed by atoms with Gasteiger partial charge in [-0.05, 0) is 66.5 Å². The molecule has 0 aromatic heterocycles. The Labute approximate surface area is 164 Å². The molecule has 2 aliphatic carbocycles. The molecule has 3 rings (SSSR count). The molecule has 152 valence electrons. The van der Waals surface area contributed by atoms with Gasteiger partial charge in [0, 0.05) is 17.9 Å². The molecule has 5 atom stereocenters. The Hall–Kier alpha value is -0.900. The van der Waals surface area contributed by atoms with Gasteiger partial charge in [0.05, 0.1) is 5.92 Å². The highest BCUT2D eigenvalue weighted by molar-refractivity contribution is 7.62. The van der Waals surface area contributed by atoms with E-state index in [-0.39, 0.29) is 23.7 Å². The molecular weight excluding hydrogens is 359 g/mol. The summed E-state index contributed by atoms with van der Waals surface area (Å²) < 4.78 is 23.6. The second-order valence-corrected chi connectivity index (χ2v) is 12.0. The van der Waals surface area contributed by atoms with E-state index in [9.17, 15) is 9.36 Å². The number of rotatable bonds is 4. The zero-order valence-electron chi connectivity index (χ0n) is 17.6. The van der Waals surface area contributed by atoms with Gasteiger partial charge in [-0.15, -0.1) is 0 Å². The predicted molar refractivity (Wildman–Crippen MR) is 109 cm³/mol. The van der Waals surface area contributed by atoms with Crippen LogP contribution in [0.25, 0.3) is 0 Å². The minimum atomic E-state index is -2.70. The zero-order valence-corrected chi connectivity index (χ0v) is 18.5. The molecule has 27 heavy (non-hydrogen) atoms. The summed E-state index contributed by atoms with van der Waals surface area (Å²) in [6, 6.07) is 0.762. The van der Waals surface area contributed by atoms with Gasteiger partial charge in [0.2, 0.25) is 7.44 Å². The highest BCUT2D eigenvalue weighted by atomic mass is 31.2. The molecule has 0 N–H and O–H groups in total. The highest BCUT2D eigenvalue weighted by Gasteiger charge is 2.55. The number of carbonyl (C=O) groups is 1. The summed E-state index contributed by atoms with van der Waals surface area (Å²) in [6.07, 6.45) is 10.8. The lowest BCUT2D eigenvalue weighted by molar-refractivity contribution is -0.156. The molecule has 0 aromatic rings. The molecule has 0 bridgehead atoms. The maximum atomic E-state index is 13.8. The van der Waals surface area contributed by atoms with Crippen molar-refractivity contribution in [1.29, 1.82) is 0 Å². The highest BCUT2D eigenvalue weighted by Crippen LogP contribution is 2.64. The Kier molecular flexibility index (Phi) is 5.78. The third-order valence-electron chi connectivity index (χ3n) is 6.29. The minimum Gasteiger partial charge on any atom is -0.460 e. The number of esters is 1. The van der Waals surface area contributed by atoms with Gasteiger partial charge in [-0.1, -0.05) is 31.1 Å². The monoisotopic (exact) mass is 394 g/mol. The Morgan fingerprint density at radius 1 is 1.04 bits per heavy atom. The van der Waals surface area contributed by atoms with Crippen LogP contribution in [-0.2, 0) is 14.1 Å². The third kappa shape index (κ3) is 3.97. The molecule has 5 nitrogen and oxygen atoms in total. The van der Waals surface area contributed by atoms with Gasteiger partial charge >= 0.3 is 5.97 Å². The fourth-order valence-corrected chi connectivity index (χ4v) is 7.47. The van der Waals surface area contributed by atoms with E-state index >= 15 is 0 Å². The van der Waals surface area contributed by atoms with E-state index < -0.39 is 13.0 Å². The van der Waals surface area contributed by atoms with Crippen LogP contribution < -0.4 is 0 Å². The molecule has 2 saturated carbocycles. The number of allylic oxidation sites excluding steroid dienone is 3. The van der Waals surface area contributed by atoms with Crippen LogP contribution in [-0.4, -0.2) is 47.1 Å². The summed E-state index contributed by atoms with van der Waals surface area (Å²) in [7, 11) is 1.29. The molecule has 1 saturated heterocycles. The first-order valence-electron chi connectivity index (χ1n) is 10.2. The lowest BCUT2D eigenvalue weighted by Crippen LogP contribution is -2.37. The smallest absolute Gasteiger partial charge is 0.310 e. The zero-order chi connectivity index (χ0) is 20.0. The average Bonchev–Trinajstić information content (AvgIpc) is 3.25.